The van der Waals surface area contributed by atoms with Crippen LogP contribution < -0.4 is 4.74 Å². The third-order valence-electron chi connectivity index (χ3n) is 7.16. The third-order valence-corrected chi connectivity index (χ3v) is 7.16. The third kappa shape index (κ3) is 8.56. The van der Waals surface area contributed by atoms with E-state index in [0.717, 1.165) is 36.1 Å². The van der Waals surface area contributed by atoms with Gasteiger partial charge in [-0.2, -0.15) is 0 Å². The summed E-state index contributed by atoms with van der Waals surface area (Å²) in [4.78, 5) is 0. The first-order valence-electron chi connectivity index (χ1n) is 13.3. The Morgan fingerprint density at radius 2 is 1.41 bits per heavy atom. The lowest BCUT2D eigenvalue weighted by Crippen LogP contribution is -2.15. The van der Waals surface area contributed by atoms with Gasteiger partial charge in [0.05, 0.1) is 12.3 Å². The lowest BCUT2D eigenvalue weighted by Gasteiger charge is -2.28. The van der Waals surface area contributed by atoms with E-state index in [2.05, 4.69) is 48.3 Å². The second-order valence-electron chi connectivity index (χ2n) is 9.78. The number of aromatic nitrogens is 2. The highest BCUT2D eigenvalue weighted by atomic mass is 16.5. The zero-order valence-corrected chi connectivity index (χ0v) is 20.5. The maximum atomic E-state index is 5.67. The molecule has 0 spiro atoms. The molecule has 176 valence electrons. The van der Waals surface area contributed by atoms with Gasteiger partial charge in [-0.15, -0.1) is 10.2 Å². The Labute approximate surface area is 196 Å². The molecule has 2 aromatic rings. The molecule has 0 N–H and O–H groups in total. The molecule has 1 aliphatic rings. The lowest BCUT2D eigenvalue weighted by atomic mass is 9.77. The minimum Gasteiger partial charge on any atom is -0.477 e. The molecule has 0 radical (unpaired) electrons. The van der Waals surface area contributed by atoms with Crippen molar-refractivity contribution in [2.75, 3.05) is 6.61 Å². The van der Waals surface area contributed by atoms with Crippen molar-refractivity contribution >= 4 is 0 Å². The van der Waals surface area contributed by atoms with Gasteiger partial charge in [-0.3, -0.25) is 0 Å². The molecule has 0 atom stereocenters. The molecule has 0 unspecified atom stereocenters. The predicted octanol–water partition coefficient (Wildman–Crippen LogP) is 8.42. The van der Waals surface area contributed by atoms with Gasteiger partial charge >= 0.3 is 0 Å². The zero-order valence-electron chi connectivity index (χ0n) is 20.5. The molecule has 1 heterocycles. The van der Waals surface area contributed by atoms with Crippen LogP contribution >= 0.6 is 0 Å². The SMILES string of the molecule is CCCCCCC1CCC(CCc2ccc(-c3ccc(OCCCCC)nn3)cc2)CC1. The smallest absolute Gasteiger partial charge is 0.233 e. The Balaban J connectivity index is 1.37. The average molecular weight is 437 g/mol. The molecule has 1 aliphatic carbocycles. The largest absolute Gasteiger partial charge is 0.477 e. The highest BCUT2D eigenvalue weighted by molar-refractivity contribution is 5.59. The van der Waals surface area contributed by atoms with Gasteiger partial charge in [0.2, 0.25) is 5.88 Å². The molecule has 0 bridgehead atoms. The number of unbranched alkanes of at least 4 members (excludes halogenated alkanes) is 5. The van der Waals surface area contributed by atoms with Crippen LogP contribution in [-0.4, -0.2) is 16.8 Å². The first-order chi connectivity index (χ1) is 15.8. The molecule has 1 fully saturated rings. The number of ether oxygens (including phenoxy) is 1. The summed E-state index contributed by atoms with van der Waals surface area (Å²) in [6, 6.07) is 12.9. The van der Waals surface area contributed by atoms with E-state index in [0.29, 0.717) is 5.88 Å². The fourth-order valence-electron chi connectivity index (χ4n) is 4.96. The van der Waals surface area contributed by atoms with Crippen LogP contribution in [0.3, 0.4) is 0 Å². The summed E-state index contributed by atoms with van der Waals surface area (Å²) >= 11 is 0. The van der Waals surface area contributed by atoms with E-state index < -0.39 is 0 Å². The summed E-state index contributed by atoms with van der Waals surface area (Å²) in [5.41, 5.74) is 3.48. The van der Waals surface area contributed by atoms with E-state index in [1.165, 1.54) is 89.0 Å². The highest BCUT2D eigenvalue weighted by Gasteiger charge is 2.20. The second-order valence-corrected chi connectivity index (χ2v) is 9.78. The van der Waals surface area contributed by atoms with E-state index in [1.54, 1.807) is 0 Å². The molecule has 0 aliphatic heterocycles. The van der Waals surface area contributed by atoms with E-state index in [1.807, 2.05) is 12.1 Å². The average Bonchev–Trinajstić information content (AvgIpc) is 2.85. The van der Waals surface area contributed by atoms with Gasteiger partial charge in [0.15, 0.2) is 0 Å². The van der Waals surface area contributed by atoms with Crippen molar-refractivity contribution in [1.82, 2.24) is 10.2 Å². The van der Waals surface area contributed by atoms with Crippen molar-refractivity contribution < 1.29 is 4.74 Å². The molecule has 1 saturated carbocycles. The minimum absolute atomic E-state index is 0.622. The summed E-state index contributed by atoms with van der Waals surface area (Å²) < 4.78 is 5.67. The van der Waals surface area contributed by atoms with E-state index >= 15 is 0 Å². The van der Waals surface area contributed by atoms with Crippen LogP contribution in [0.1, 0.15) is 103 Å². The van der Waals surface area contributed by atoms with Crippen LogP contribution in [0.25, 0.3) is 11.3 Å². The van der Waals surface area contributed by atoms with Crippen molar-refractivity contribution in [3.63, 3.8) is 0 Å². The number of benzene rings is 1. The Morgan fingerprint density at radius 3 is 2.06 bits per heavy atom. The quantitative estimate of drug-likeness (QED) is 0.279. The highest BCUT2D eigenvalue weighted by Crippen LogP contribution is 2.34. The lowest BCUT2D eigenvalue weighted by molar-refractivity contribution is 0.249. The summed E-state index contributed by atoms with van der Waals surface area (Å²) in [6.45, 7) is 5.22. The molecule has 3 heteroatoms. The molecule has 3 rings (SSSR count). The minimum atomic E-state index is 0.622. The molecular formula is C29H44N2O. The fourth-order valence-corrected chi connectivity index (χ4v) is 4.96. The van der Waals surface area contributed by atoms with Gasteiger partial charge < -0.3 is 4.74 Å². The summed E-state index contributed by atoms with van der Waals surface area (Å²) in [5.74, 6) is 2.56. The maximum absolute atomic E-state index is 5.67. The predicted molar refractivity (Wildman–Crippen MR) is 135 cm³/mol. The van der Waals surface area contributed by atoms with Crippen molar-refractivity contribution in [3.8, 4) is 17.1 Å². The zero-order chi connectivity index (χ0) is 22.4. The Morgan fingerprint density at radius 1 is 0.719 bits per heavy atom. The van der Waals surface area contributed by atoms with Gasteiger partial charge in [-0.25, -0.2) is 0 Å². The standard InChI is InChI=1S/C29H44N2O/c1-3-5-7-8-10-24-11-13-25(14-12-24)15-16-26-17-19-27(20-18-26)28-21-22-29(31-30-28)32-23-9-6-4-2/h17-22,24-25H,3-16,23H2,1-2H3. The molecule has 3 nitrogen and oxygen atoms in total. The van der Waals surface area contributed by atoms with Crippen LogP contribution in [0.5, 0.6) is 5.88 Å². The number of nitrogens with zero attached hydrogens (tertiary/aromatic N) is 2. The van der Waals surface area contributed by atoms with Crippen LogP contribution in [0.15, 0.2) is 36.4 Å². The summed E-state index contributed by atoms with van der Waals surface area (Å²) in [5, 5.41) is 8.59. The molecular weight excluding hydrogens is 392 g/mol. The van der Waals surface area contributed by atoms with Crippen molar-refractivity contribution in [1.29, 1.82) is 0 Å². The second kappa shape index (κ2) is 14.3. The normalized spacial score (nSPS) is 18.6. The van der Waals surface area contributed by atoms with Crippen LogP contribution in [-0.2, 0) is 6.42 Å². The van der Waals surface area contributed by atoms with Gasteiger partial charge in [0.25, 0.3) is 0 Å². The summed E-state index contributed by atoms with van der Waals surface area (Å²) in [6.07, 6.45) is 18.9. The molecule has 0 amide bonds. The number of rotatable bonds is 14. The Kier molecular flexibility index (Phi) is 11.0. The molecule has 1 aromatic carbocycles. The van der Waals surface area contributed by atoms with Crippen LogP contribution in [0.2, 0.25) is 0 Å². The van der Waals surface area contributed by atoms with Gasteiger partial charge in [-0.05, 0) is 42.7 Å². The first-order valence-corrected chi connectivity index (χ1v) is 13.3. The van der Waals surface area contributed by atoms with Crippen LogP contribution in [0.4, 0.5) is 0 Å². The van der Waals surface area contributed by atoms with Gasteiger partial charge in [0.1, 0.15) is 0 Å². The van der Waals surface area contributed by atoms with Gasteiger partial charge in [0, 0.05) is 11.6 Å². The van der Waals surface area contributed by atoms with Crippen molar-refractivity contribution in [2.24, 2.45) is 11.8 Å². The number of aryl methyl sites for hydroxylation is 1. The van der Waals surface area contributed by atoms with E-state index in [4.69, 9.17) is 4.74 Å². The molecule has 32 heavy (non-hydrogen) atoms. The number of hydrogen-bond acceptors (Lipinski definition) is 3. The van der Waals surface area contributed by atoms with E-state index in [9.17, 15) is 0 Å². The Hall–Kier alpha value is -1.90. The van der Waals surface area contributed by atoms with Crippen molar-refractivity contribution in [3.05, 3.63) is 42.0 Å². The fraction of sp³-hybridized carbons (Fsp3) is 0.655. The summed E-state index contributed by atoms with van der Waals surface area (Å²) in [7, 11) is 0. The number of hydrogen-bond donors (Lipinski definition) is 0. The molecule has 1 aromatic heterocycles. The van der Waals surface area contributed by atoms with Gasteiger partial charge in [-0.1, -0.05) is 109 Å². The maximum Gasteiger partial charge on any atom is 0.233 e. The van der Waals surface area contributed by atoms with Crippen molar-refractivity contribution in [2.45, 2.75) is 104 Å². The topological polar surface area (TPSA) is 35.0 Å². The monoisotopic (exact) mass is 436 g/mol. The van der Waals surface area contributed by atoms with Crippen LogP contribution in [0, 0.1) is 11.8 Å². The van der Waals surface area contributed by atoms with E-state index in [-0.39, 0.29) is 0 Å². The Bertz CT molecular complexity index is 733. The first kappa shape index (κ1) is 24.7. The molecule has 0 saturated heterocycles.